The summed E-state index contributed by atoms with van der Waals surface area (Å²) in [7, 11) is 0. The Labute approximate surface area is 94.1 Å². The zero-order chi connectivity index (χ0) is 11.8. The van der Waals surface area contributed by atoms with Gasteiger partial charge in [-0.1, -0.05) is 47.0 Å². The van der Waals surface area contributed by atoms with Crippen molar-refractivity contribution in [1.82, 2.24) is 0 Å². The first-order valence-corrected chi connectivity index (χ1v) is 6.20. The number of carboxylic acids is 1. The van der Waals surface area contributed by atoms with E-state index in [2.05, 4.69) is 20.8 Å². The van der Waals surface area contributed by atoms with E-state index in [0.29, 0.717) is 5.92 Å². The standard InChI is InChI=1S/C13H26O2/c1-5-6-7-10(2)8-11(3)9-12(4)13(14)15/h10-12H,5-9H2,1-4H3,(H,14,15). The van der Waals surface area contributed by atoms with Gasteiger partial charge in [-0.05, 0) is 24.7 Å². The first-order valence-electron chi connectivity index (χ1n) is 6.20. The van der Waals surface area contributed by atoms with Gasteiger partial charge in [-0.25, -0.2) is 0 Å². The fourth-order valence-electron chi connectivity index (χ4n) is 2.16. The van der Waals surface area contributed by atoms with Crippen molar-refractivity contribution in [1.29, 1.82) is 0 Å². The van der Waals surface area contributed by atoms with Crippen LogP contribution in [0, 0.1) is 17.8 Å². The predicted molar refractivity (Wildman–Crippen MR) is 63.9 cm³/mol. The van der Waals surface area contributed by atoms with E-state index < -0.39 is 5.97 Å². The minimum absolute atomic E-state index is 0.196. The molecule has 3 unspecified atom stereocenters. The van der Waals surface area contributed by atoms with E-state index in [1.807, 2.05) is 0 Å². The first kappa shape index (κ1) is 14.5. The summed E-state index contributed by atoms with van der Waals surface area (Å²) >= 11 is 0. The lowest BCUT2D eigenvalue weighted by Gasteiger charge is -2.18. The molecule has 0 spiro atoms. The molecule has 3 atom stereocenters. The van der Waals surface area contributed by atoms with Crippen LogP contribution in [0.3, 0.4) is 0 Å². The molecule has 90 valence electrons. The summed E-state index contributed by atoms with van der Waals surface area (Å²) in [5.74, 6) is 0.408. The second-order valence-corrected chi connectivity index (χ2v) is 5.06. The van der Waals surface area contributed by atoms with Crippen molar-refractivity contribution in [2.24, 2.45) is 17.8 Å². The van der Waals surface area contributed by atoms with Crippen molar-refractivity contribution in [3.05, 3.63) is 0 Å². The molecule has 0 heterocycles. The minimum atomic E-state index is -0.664. The lowest BCUT2D eigenvalue weighted by Crippen LogP contribution is -2.14. The van der Waals surface area contributed by atoms with Crippen LogP contribution in [0.15, 0.2) is 0 Å². The molecule has 0 saturated heterocycles. The second kappa shape index (κ2) is 7.72. The molecule has 0 saturated carbocycles. The van der Waals surface area contributed by atoms with Gasteiger partial charge in [0.2, 0.25) is 0 Å². The first-order chi connectivity index (χ1) is 6.97. The summed E-state index contributed by atoms with van der Waals surface area (Å²) in [6.07, 6.45) is 5.80. The molecule has 0 aliphatic heterocycles. The van der Waals surface area contributed by atoms with Crippen LogP contribution < -0.4 is 0 Å². The Balaban J connectivity index is 3.72. The zero-order valence-corrected chi connectivity index (χ0v) is 10.6. The maximum atomic E-state index is 10.7. The molecule has 1 N–H and O–H groups in total. The molecule has 0 aromatic heterocycles. The highest BCUT2D eigenvalue weighted by molar-refractivity contribution is 5.69. The third-order valence-corrected chi connectivity index (χ3v) is 3.03. The second-order valence-electron chi connectivity index (χ2n) is 5.06. The van der Waals surface area contributed by atoms with Gasteiger partial charge in [0, 0.05) is 0 Å². The summed E-state index contributed by atoms with van der Waals surface area (Å²) in [5.41, 5.74) is 0. The lowest BCUT2D eigenvalue weighted by atomic mass is 9.87. The van der Waals surface area contributed by atoms with Crippen molar-refractivity contribution in [3.63, 3.8) is 0 Å². The molecular formula is C13H26O2. The van der Waals surface area contributed by atoms with Gasteiger partial charge >= 0.3 is 5.97 Å². The smallest absolute Gasteiger partial charge is 0.306 e. The molecule has 0 bridgehead atoms. The number of aliphatic carboxylic acids is 1. The summed E-state index contributed by atoms with van der Waals surface area (Å²) in [6, 6.07) is 0. The number of carboxylic acid groups (broad SMARTS) is 1. The van der Waals surface area contributed by atoms with E-state index in [1.165, 1.54) is 19.3 Å². The molecule has 0 aliphatic carbocycles. The van der Waals surface area contributed by atoms with Crippen LogP contribution in [0.5, 0.6) is 0 Å². The van der Waals surface area contributed by atoms with E-state index in [1.54, 1.807) is 6.92 Å². The normalized spacial score (nSPS) is 17.1. The highest BCUT2D eigenvalue weighted by Gasteiger charge is 2.16. The van der Waals surface area contributed by atoms with E-state index in [0.717, 1.165) is 18.8 Å². The van der Waals surface area contributed by atoms with Crippen LogP contribution in [-0.4, -0.2) is 11.1 Å². The summed E-state index contributed by atoms with van der Waals surface area (Å²) in [5, 5.41) is 8.81. The van der Waals surface area contributed by atoms with Crippen molar-refractivity contribution < 1.29 is 9.90 Å². The maximum Gasteiger partial charge on any atom is 0.306 e. The Morgan fingerprint density at radius 1 is 1.13 bits per heavy atom. The SMILES string of the molecule is CCCCC(C)CC(C)CC(C)C(=O)O. The number of carbonyl (C=O) groups is 1. The summed E-state index contributed by atoms with van der Waals surface area (Å²) < 4.78 is 0. The van der Waals surface area contributed by atoms with Crippen LogP contribution in [0.1, 0.15) is 59.8 Å². The van der Waals surface area contributed by atoms with Crippen molar-refractivity contribution in [2.45, 2.75) is 59.8 Å². The molecule has 0 fully saturated rings. The average molecular weight is 214 g/mol. The molecule has 0 rings (SSSR count). The van der Waals surface area contributed by atoms with Crippen molar-refractivity contribution >= 4 is 5.97 Å². The predicted octanol–water partition coefficient (Wildman–Crippen LogP) is 3.95. The largest absolute Gasteiger partial charge is 0.481 e. The highest BCUT2D eigenvalue weighted by atomic mass is 16.4. The molecule has 2 nitrogen and oxygen atoms in total. The van der Waals surface area contributed by atoms with E-state index >= 15 is 0 Å². The van der Waals surface area contributed by atoms with Gasteiger partial charge < -0.3 is 5.11 Å². The average Bonchev–Trinajstić information content (AvgIpc) is 2.14. The Bertz CT molecular complexity index is 177. The van der Waals surface area contributed by atoms with E-state index in [9.17, 15) is 4.79 Å². The van der Waals surface area contributed by atoms with Gasteiger partial charge in [-0.3, -0.25) is 4.79 Å². The molecular weight excluding hydrogens is 188 g/mol. The van der Waals surface area contributed by atoms with Crippen LogP contribution in [0.4, 0.5) is 0 Å². The van der Waals surface area contributed by atoms with Crippen LogP contribution in [0.25, 0.3) is 0 Å². The van der Waals surface area contributed by atoms with Crippen molar-refractivity contribution in [2.75, 3.05) is 0 Å². The van der Waals surface area contributed by atoms with Gasteiger partial charge in [0.25, 0.3) is 0 Å². The minimum Gasteiger partial charge on any atom is -0.481 e. The lowest BCUT2D eigenvalue weighted by molar-refractivity contribution is -0.141. The number of hydrogen-bond donors (Lipinski definition) is 1. The Hall–Kier alpha value is -0.530. The van der Waals surface area contributed by atoms with Crippen molar-refractivity contribution in [3.8, 4) is 0 Å². The highest BCUT2D eigenvalue weighted by Crippen LogP contribution is 2.22. The molecule has 2 heteroatoms. The van der Waals surface area contributed by atoms with Gasteiger partial charge in [0.15, 0.2) is 0 Å². The fourth-order valence-corrected chi connectivity index (χ4v) is 2.16. The Morgan fingerprint density at radius 3 is 2.20 bits per heavy atom. The fraction of sp³-hybridized carbons (Fsp3) is 0.923. The topological polar surface area (TPSA) is 37.3 Å². The zero-order valence-electron chi connectivity index (χ0n) is 10.6. The summed E-state index contributed by atoms with van der Waals surface area (Å²) in [6.45, 7) is 8.46. The van der Waals surface area contributed by atoms with Gasteiger partial charge in [-0.15, -0.1) is 0 Å². The third kappa shape index (κ3) is 7.40. The van der Waals surface area contributed by atoms with Gasteiger partial charge in [0.05, 0.1) is 5.92 Å². The van der Waals surface area contributed by atoms with Gasteiger partial charge in [-0.2, -0.15) is 0 Å². The summed E-state index contributed by atoms with van der Waals surface area (Å²) in [4.78, 5) is 10.7. The van der Waals surface area contributed by atoms with Crippen LogP contribution in [-0.2, 0) is 4.79 Å². The van der Waals surface area contributed by atoms with E-state index in [4.69, 9.17) is 5.11 Å². The van der Waals surface area contributed by atoms with E-state index in [-0.39, 0.29) is 5.92 Å². The molecule has 0 aliphatic rings. The molecule has 0 aromatic rings. The molecule has 0 aromatic carbocycles. The monoisotopic (exact) mass is 214 g/mol. The molecule has 15 heavy (non-hydrogen) atoms. The quantitative estimate of drug-likeness (QED) is 0.664. The number of hydrogen-bond acceptors (Lipinski definition) is 1. The van der Waals surface area contributed by atoms with Gasteiger partial charge in [0.1, 0.15) is 0 Å². The number of rotatable bonds is 8. The number of unbranched alkanes of at least 4 members (excludes halogenated alkanes) is 1. The maximum absolute atomic E-state index is 10.7. The molecule has 0 amide bonds. The third-order valence-electron chi connectivity index (χ3n) is 3.03. The van der Waals surface area contributed by atoms with Crippen LogP contribution in [0.2, 0.25) is 0 Å². The molecule has 0 radical (unpaired) electrons. The Morgan fingerprint density at radius 2 is 1.73 bits per heavy atom. The van der Waals surface area contributed by atoms with Crippen LogP contribution >= 0.6 is 0 Å². The Kier molecular flexibility index (Phi) is 7.45.